The number of fused-ring (bicyclic) bond motifs is 1. The van der Waals surface area contributed by atoms with Crippen molar-refractivity contribution in [2.24, 2.45) is 10.9 Å². The first kappa shape index (κ1) is 23.0. The van der Waals surface area contributed by atoms with Gasteiger partial charge in [0.05, 0.1) is 5.70 Å². The second kappa shape index (κ2) is 10.6. The summed E-state index contributed by atoms with van der Waals surface area (Å²) in [7, 11) is 0. The lowest BCUT2D eigenvalue weighted by atomic mass is 9.94. The molecular weight excluding hydrogens is 374 g/mol. The van der Waals surface area contributed by atoms with Crippen molar-refractivity contribution in [1.82, 2.24) is 0 Å². The van der Waals surface area contributed by atoms with Crippen molar-refractivity contribution in [3.8, 4) is 0 Å². The molecule has 0 aliphatic heterocycles. The van der Waals surface area contributed by atoms with Gasteiger partial charge in [0.25, 0.3) is 0 Å². The molecule has 2 aromatic carbocycles. The van der Waals surface area contributed by atoms with Gasteiger partial charge in [-0.05, 0) is 85.8 Å². The Hall–Kier alpha value is -2.67. The van der Waals surface area contributed by atoms with E-state index in [1.807, 2.05) is 0 Å². The van der Waals surface area contributed by atoms with Crippen LogP contribution in [-0.2, 0) is 19.3 Å². The lowest BCUT2D eigenvalue weighted by Crippen LogP contribution is -2.00. The van der Waals surface area contributed by atoms with Gasteiger partial charge in [0.15, 0.2) is 0 Å². The number of allylic oxidation sites excluding steroid dienone is 4. The van der Waals surface area contributed by atoms with Gasteiger partial charge in [-0.1, -0.05) is 87.0 Å². The fraction of sp³-hybridized carbons (Fsp3) is 0.367. The van der Waals surface area contributed by atoms with E-state index < -0.39 is 0 Å². The van der Waals surface area contributed by atoms with Crippen LogP contribution in [0, 0.1) is 5.92 Å². The van der Waals surface area contributed by atoms with Crippen molar-refractivity contribution in [3.63, 3.8) is 0 Å². The van der Waals surface area contributed by atoms with Crippen molar-refractivity contribution in [1.29, 1.82) is 0 Å². The van der Waals surface area contributed by atoms with Crippen molar-refractivity contribution in [3.05, 3.63) is 93.6 Å². The summed E-state index contributed by atoms with van der Waals surface area (Å²) in [6.07, 6.45) is 11.1. The smallest absolute Gasteiger partial charge is 0.0658 e. The van der Waals surface area contributed by atoms with Gasteiger partial charge >= 0.3 is 0 Å². The zero-order valence-electron chi connectivity index (χ0n) is 20.1. The summed E-state index contributed by atoms with van der Waals surface area (Å²) in [5.41, 5.74) is 12.2. The molecule has 0 atom stereocenters. The minimum Gasteiger partial charge on any atom is -0.258 e. The highest BCUT2D eigenvalue weighted by Crippen LogP contribution is 2.34. The van der Waals surface area contributed by atoms with E-state index in [1.165, 1.54) is 44.7 Å². The summed E-state index contributed by atoms with van der Waals surface area (Å²) >= 11 is 0. The predicted molar refractivity (Wildman–Crippen MR) is 138 cm³/mol. The molecule has 162 valence electrons. The Morgan fingerprint density at radius 3 is 2.48 bits per heavy atom. The third kappa shape index (κ3) is 5.94. The van der Waals surface area contributed by atoms with E-state index in [2.05, 4.69) is 102 Å². The molecule has 0 N–H and O–H groups in total. The molecule has 3 rings (SSSR count). The van der Waals surface area contributed by atoms with E-state index >= 15 is 0 Å². The Balaban J connectivity index is 1.82. The number of hydrogen-bond donors (Lipinski definition) is 0. The van der Waals surface area contributed by atoms with Crippen LogP contribution in [0.2, 0.25) is 0 Å². The number of hydrogen-bond acceptors (Lipinski definition) is 1. The van der Waals surface area contributed by atoms with Gasteiger partial charge < -0.3 is 0 Å². The van der Waals surface area contributed by atoms with Gasteiger partial charge in [0.2, 0.25) is 0 Å². The summed E-state index contributed by atoms with van der Waals surface area (Å²) in [5, 5.41) is 0. The van der Waals surface area contributed by atoms with E-state index in [-0.39, 0.29) is 0 Å². The zero-order valence-corrected chi connectivity index (χ0v) is 20.1. The Kier molecular flexibility index (Phi) is 7.85. The first-order chi connectivity index (χ1) is 14.9. The minimum atomic E-state index is 0.583. The first-order valence-corrected chi connectivity index (χ1v) is 11.7. The van der Waals surface area contributed by atoms with E-state index in [4.69, 9.17) is 4.99 Å². The van der Waals surface area contributed by atoms with Crippen LogP contribution < -0.4 is 0 Å². The monoisotopic (exact) mass is 411 g/mol. The molecule has 0 saturated carbocycles. The standard InChI is InChI=1S/C30H37N/c1-7-24-17-26(29-20-27(19-28(29)18-24)22(5)16-21(3)4)15-14-23(6)31-30(8-2)25-12-10-9-11-13-25/h8-13,16-18,20-21H,7,14-15,19H2,1-6H3/b22-16+,30-8-,31-23?. The molecule has 0 heterocycles. The van der Waals surface area contributed by atoms with Crippen molar-refractivity contribution < 1.29 is 0 Å². The second-order valence-electron chi connectivity index (χ2n) is 9.01. The van der Waals surface area contributed by atoms with Crippen LogP contribution in [0.15, 0.2) is 70.8 Å². The van der Waals surface area contributed by atoms with Crippen LogP contribution in [0.1, 0.15) is 75.8 Å². The van der Waals surface area contributed by atoms with Gasteiger partial charge in [-0.15, -0.1) is 0 Å². The molecule has 2 aromatic rings. The van der Waals surface area contributed by atoms with Crippen LogP contribution in [-0.4, -0.2) is 5.71 Å². The topological polar surface area (TPSA) is 12.4 Å². The lowest BCUT2D eigenvalue weighted by Gasteiger charge is -2.11. The first-order valence-electron chi connectivity index (χ1n) is 11.7. The Morgan fingerprint density at radius 1 is 1.10 bits per heavy atom. The molecule has 0 fully saturated rings. The molecule has 1 aliphatic rings. The summed E-state index contributed by atoms with van der Waals surface area (Å²) in [6, 6.07) is 15.3. The van der Waals surface area contributed by atoms with Gasteiger partial charge in [-0.3, -0.25) is 4.99 Å². The van der Waals surface area contributed by atoms with Crippen LogP contribution in [0.4, 0.5) is 0 Å². The molecule has 1 aliphatic carbocycles. The molecule has 31 heavy (non-hydrogen) atoms. The Labute approximate surface area is 189 Å². The Bertz CT molecular complexity index is 1030. The molecule has 1 nitrogen and oxygen atoms in total. The SMILES string of the molecule is C/C=C(\N=C(C)CCc1cc(CC)cc2c1C=C(/C(C)=C/C(C)C)C2)c1ccccc1. The molecule has 0 radical (unpaired) electrons. The maximum atomic E-state index is 4.95. The van der Waals surface area contributed by atoms with Crippen molar-refractivity contribution in [2.75, 3.05) is 0 Å². The van der Waals surface area contributed by atoms with Gasteiger partial charge in [-0.25, -0.2) is 0 Å². The van der Waals surface area contributed by atoms with E-state index in [0.717, 1.165) is 31.4 Å². The van der Waals surface area contributed by atoms with E-state index in [0.29, 0.717) is 5.92 Å². The predicted octanol–water partition coefficient (Wildman–Crippen LogP) is 8.25. The van der Waals surface area contributed by atoms with Crippen molar-refractivity contribution in [2.45, 2.75) is 67.2 Å². The summed E-state index contributed by atoms with van der Waals surface area (Å²) in [5.74, 6) is 0.583. The van der Waals surface area contributed by atoms with Crippen molar-refractivity contribution >= 4 is 17.5 Å². The normalized spacial score (nSPS) is 14.8. The maximum Gasteiger partial charge on any atom is 0.0658 e. The average Bonchev–Trinajstić information content (AvgIpc) is 3.20. The molecule has 1 heteroatoms. The number of aliphatic imine (C=N–C) groups is 1. The fourth-order valence-electron chi connectivity index (χ4n) is 4.37. The highest BCUT2D eigenvalue weighted by atomic mass is 14.8. The second-order valence-corrected chi connectivity index (χ2v) is 9.01. The number of aryl methyl sites for hydroxylation is 2. The summed E-state index contributed by atoms with van der Waals surface area (Å²) in [4.78, 5) is 4.95. The van der Waals surface area contributed by atoms with Gasteiger partial charge in [0, 0.05) is 5.71 Å². The number of benzene rings is 2. The fourth-order valence-corrected chi connectivity index (χ4v) is 4.37. The highest BCUT2D eigenvalue weighted by molar-refractivity contribution is 5.88. The molecular formula is C30H37N. The lowest BCUT2D eigenvalue weighted by molar-refractivity contribution is 0.822. The van der Waals surface area contributed by atoms with Crippen LogP contribution >= 0.6 is 0 Å². The van der Waals surface area contributed by atoms with Gasteiger partial charge in [0.1, 0.15) is 0 Å². The molecule has 0 spiro atoms. The highest BCUT2D eigenvalue weighted by Gasteiger charge is 2.18. The molecule has 0 saturated heterocycles. The maximum absolute atomic E-state index is 4.95. The van der Waals surface area contributed by atoms with Crippen LogP contribution in [0.25, 0.3) is 11.8 Å². The van der Waals surface area contributed by atoms with E-state index in [1.54, 1.807) is 0 Å². The molecule has 0 unspecified atom stereocenters. The number of nitrogens with zero attached hydrogens (tertiary/aromatic N) is 1. The average molecular weight is 412 g/mol. The summed E-state index contributed by atoms with van der Waals surface area (Å²) < 4.78 is 0. The quantitative estimate of drug-likeness (QED) is 0.388. The molecule has 0 bridgehead atoms. The Morgan fingerprint density at radius 2 is 1.84 bits per heavy atom. The van der Waals surface area contributed by atoms with E-state index in [9.17, 15) is 0 Å². The summed E-state index contributed by atoms with van der Waals surface area (Å²) in [6.45, 7) is 13.2. The third-order valence-corrected chi connectivity index (χ3v) is 6.02. The molecule has 0 amide bonds. The minimum absolute atomic E-state index is 0.583. The van der Waals surface area contributed by atoms with Gasteiger partial charge in [-0.2, -0.15) is 0 Å². The molecule has 0 aromatic heterocycles. The zero-order chi connectivity index (χ0) is 22.4. The number of rotatable bonds is 8. The van der Waals surface area contributed by atoms with Crippen LogP contribution in [0.5, 0.6) is 0 Å². The third-order valence-electron chi connectivity index (χ3n) is 6.02. The van der Waals surface area contributed by atoms with Crippen LogP contribution in [0.3, 0.4) is 0 Å². The largest absolute Gasteiger partial charge is 0.258 e.